The van der Waals surface area contributed by atoms with E-state index in [-0.39, 0.29) is 18.6 Å². The summed E-state index contributed by atoms with van der Waals surface area (Å²) < 4.78 is 21.7. The van der Waals surface area contributed by atoms with Gasteiger partial charge in [-0.3, -0.25) is 9.48 Å². The van der Waals surface area contributed by atoms with Crippen LogP contribution in [0.3, 0.4) is 0 Å². The molecule has 4 heterocycles. The van der Waals surface area contributed by atoms with E-state index in [0.717, 1.165) is 79.9 Å². The highest BCUT2D eigenvalue weighted by molar-refractivity contribution is 7.81. The summed E-state index contributed by atoms with van der Waals surface area (Å²) in [6.07, 6.45) is 7.04. The molecule has 12 heteroatoms. The van der Waals surface area contributed by atoms with Crippen molar-refractivity contribution >= 4 is 28.5 Å². The van der Waals surface area contributed by atoms with E-state index in [1.165, 1.54) is 18.2 Å². The van der Waals surface area contributed by atoms with Gasteiger partial charge >= 0.3 is 0 Å². The topological polar surface area (TPSA) is 117 Å². The Morgan fingerprint density at radius 3 is 2.84 bits per heavy atom. The van der Waals surface area contributed by atoms with E-state index in [0.29, 0.717) is 23.0 Å². The summed E-state index contributed by atoms with van der Waals surface area (Å²) in [5.74, 6) is 0.194. The first kappa shape index (κ1) is 29.7. The molecule has 0 bridgehead atoms. The molecule has 2 aromatic heterocycles. The maximum Gasteiger partial charge on any atom is 0.251 e. The second-order valence-electron chi connectivity index (χ2n) is 11.0. The molecule has 2 N–H and O–H groups in total. The quantitative estimate of drug-likeness (QED) is 0.276. The number of rotatable bonds is 10. The minimum atomic E-state index is -1.08. The van der Waals surface area contributed by atoms with E-state index in [1.54, 1.807) is 12.3 Å². The summed E-state index contributed by atoms with van der Waals surface area (Å²) in [6.45, 7) is 4.82. The van der Waals surface area contributed by atoms with Gasteiger partial charge in [0, 0.05) is 84.9 Å². The number of hydrogen-bond acceptors (Lipinski definition) is 7. The molecule has 43 heavy (non-hydrogen) atoms. The Morgan fingerprint density at radius 2 is 2.07 bits per heavy atom. The number of carbonyl (C=O) groups excluding carboxylic acids is 1. The molecule has 6 rings (SSSR count). The number of aliphatic hydroxyl groups excluding tert-OH is 1. The highest BCUT2D eigenvalue weighted by Crippen LogP contribution is 2.36. The lowest BCUT2D eigenvalue weighted by Crippen LogP contribution is -2.32. The molecule has 2 aliphatic heterocycles. The third-order valence-corrected chi connectivity index (χ3v) is 9.48. The Morgan fingerprint density at radius 1 is 1.19 bits per heavy atom. The fourth-order valence-corrected chi connectivity index (χ4v) is 6.77. The van der Waals surface area contributed by atoms with Crippen LogP contribution in [0.25, 0.3) is 22.4 Å². The van der Waals surface area contributed by atoms with Crippen molar-refractivity contribution in [3.8, 4) is 22.4 Å². The average Bonchev–Trinajstić information content (AvgIpc) is 3.77. The number of amides is 1. The molecular formula is C31H35ClN6O4S. The molecule has 2 aromatic carbocycles. The van der Waals surface area contributed by atoms with Gasteiger partial charge in [0.25, 0.3) is 5.91 Å². The van der Waals surface area contributed by atoms with Gasteiger partial charge in [-0.15, -0.1) is 0 Å². The number of β-amino-alcohol motifs (C(OH)–C–C–N with tert-alkyl or cyclic N) is 1. The Bertz CT molecular complexity index is 1620. The van der Waals surface area contributed by atoms with Crippen LogP contribution in [0.1, 0.15) is 40.3 Å². The van der Waals surface area contributed by atoms with Gasteiger partial charge in [-0.2, -0.15) is 5.10 Å². The highest BCUT2D eigenvalue weighted by atomic mass is 35.5. The molecule has 0 saturated carbocycles. The number of aliphatic hydroxyl groups is 1. The molecule has 0 radical (unpaired) electrons. The van der Waals surface area contributed by atoms with Crippen LogP contribution in [0.2, 0.25) is 5.02 Å². The molecule has 2 unspecified atom stereocenters. The summed E-state index contributed by atoms with van der Waals surface area (Å²) in [5, 5.41) is 18.4. The third kappa shape index (κ3) is 6.76. The van der Waals surface area contributed by atoms with Crippen molar-refractivity contribution in [2.45, 2.75) is 45.0 Å². The van der Waals surface area contributed by atoms with Gasteiger partial charge in [0.1, 0.15) is 6.26 Å². The molecule has 1 fully saturated rings. The molecule has 2 atom stereocenters. The standard InChI is InChI=1S/C31H35ClN6O4S/c1-43(41)37-14-9-28-26(20-37)30(35-38(28)12-3-11-36-13-8-24(39)19-36)22-6-7-27(32)25(17-22)21-4-2-5-23(16-21)31(40)34-18-29-33-10-15-42-29/h2,4-7,10,15-17,24,39H,3,8-9,11-14,18-20H2,1H3,(H,34,40). The summed E-state index contributed by atoms with van der Waals surface area (Å²) in [7, 11) is -1.08. The van der Waals surface area contributed by atoms with E-state index >= 15 is 0 Å². The minimum absolute atomic E-state index is 0.194. The van der Waals surface area contributed by atoms with Crippen LogP contribution in [0.15, 0.2) is 59.3 Å². The van der Waals surface area contributed by atoms with Crippen LogP contribution < -0.4 is 5.32 Å². The minimum Gasteiger partial charge on any atom is -0.447 e. The van der Waals surface area contributed by atoms with Crippen LogP contribution in [0, 0.1) is 0 Å². The normalized spacial score (nSPS) is 18.1. The number of aromatic nitrogens is 3. The second kappa shape index (κ2) is 13.1. The largest absolute Gasteiger partial charge is 0.447 e. The van der Waals surface area contributed by atoms with Crippen molar-refractivity contribution in [1.82, 2.24) is 29.3 Å². The van der Waals surface area contributed by atoms with Gasteiger partial charge < -0.3 is 19.7 Å². The van der Waals surface area contributed by atoms with E-state index in [9.17, 15) is 14.1 Å². The van der Waals surface area contributed by atoms with Crippen molar-refractivity contribution in [2.24, 2.45) is 0 Å². The van der Waals surface area contributed by atoms with E-state index in [4.69, 9.17) is 21.1 Å². The van der Waals surface area contributed by atoms with Crippen LogP contribution in [-0.2, 0) is 37.0 Å². The SMILES string of the molecule is CS(=O)N1CCc2c(c(-c3ccc(Cl)c(-c4cccc(C(=O)NCc5ncco5)c4)c3)nn2CCCN2CCC(O)C2)C1. The van der Waals surface area contributed by atoms with Crippen LogP contribution in [0.5, 0.6) is 0 Å². The second-order valence-corrected chi connectivity index (χ2v) is 12.8. The number of oxazole rings is 1. The Balaban J connectivity index is 1.27. The summed E-state index contributed by atoms with van der Waals surface area (Å²) >= 11 is 6.72. The summed E-state index contributed by atoms with van der Waals surface area (Å²) in [5.41, 5.74) is 6.15. The first-order chi connectivity index (χ1) is 20.9. The number of nitrogens with zero attached hydrogens (tertiary/aromatic N) is 5. The first-order valence-electron chi connectivity index (χ1n) is 14.5. The summed E-state index contributed by atoms with van der Waals surface area (Å²) in [4.78, 5) is 19.2. The first-order valence-corrected chi connectivity index (χ1v) is 16.4. The van der Waals surface area contributed by atoms with Crippen molar-refractivity contribution in [3.63, 3.8) is 0 Å². The van der Waals surface area contributed by atoms with Gasteiger partial charge in [0.05, 0.1) is 35.5 Å². The predicted molar refractivity (Wildman–Crippen MR) is 166 cm³/mol. The summed E-state index contributed by atoms with van der Waals surface area (Å²) in [6, 6.07) is 13.2. The number of likely N-dealkylation sites (tertiary alicyclic amines) is 1. The zero-order valence-electron chi connectivity index (χ0n) is 24.0. The zero-order valence-corrected chi connectivity index (χ0v) is 25.6. The fraction of sp³-hybridized carbons (Fsp3) is 0.387. The fourth-order valence-electron chi connectivity index (χ4n) is 5.88. The Labute approximate surface area is 258 Å². The molecule has 4 aromatic rings. The van der Waals surface area contributed by atoms with E-state index in [1.807, 2.05) is 40.7 Å². The van der Waals surface area contributed by atoms with E-state index in [2.05, 4.69) is 19.9 Å². The maximum atomic E-state index is 12.9. The molecular weight excluding hydrogens is 588 g/mol. The lowest BCUT2D eigenvalue weighted by Gasteiger charge is -2.25. The number of benzene rings is 2. The average molecular weight is 623 g/mol. The van der Waals surface area contributed by atoms with Crippen molar-refractivity contribution in [3.05, 3.63) is 82.7 Å². The highest BCUT2D eigenvalue weighted by Gasteiger charge is 2.28. The van der Waals surface area contributed by atoms with Crippen LogP contribution in [-0.4, -0.2) is 77.7 Å². The number of nitrogens with one attached hydrogen (secondary N) is 1. The number of hydrogen-bond donors (Lipinski definition) is 2. The molecule has 2 aliphatic rings. The van der Waals surface area contributed by atoms with Crippen molar-refractivity contribution < 1.29 is 18.5 Å². The van der Waals surface area contributed by atoms with Gasteiger partial charge in [0.15, 0.2) is 0 Å². The number of fused-ring (bicyclic) bond motifs is 1. The van der Waals surface area contributed by atoms with Crippen molar-refractivity contribution in [1.29, 1.82) is 0 Å². The molecule has 0 spiro atoms. The van der Waals surface area contributed by atoms with Gasteiger partial charge in [-0.1, -0.05) is 29.8 Å². The maximum absolute atomic E-state index is 12.9. The molecule has 1 amide bonds. The number of carbonyl (C=O) groups is 1. The molecule has 0 aliphatic carbocycles. The van der Waals surface area contributed by atoms with E-state index < -0.39 is 11.0 Å². The Hall–Kier alpha value is -3.35. The molecule has 226 valence electrons. The smallest absolute Gasteiger partial charge is 0.251 e. The Kier molecular flexibility index (Phi) is 9.06. The van der Waals surface area contributed by atoms with Gasteiger partial charge in [0.2, 0.25) is 5.89 Å². The molecule has 1 saturated heterocycles. The molecule has 10 nitrogen and oxygen atoms in total. The van der Waals surface area contributed by atoms with Gasteiger partial charge in [-0.25, -0.2) is 13.5 Å². The van der Waals surface area contributed by atoms with Crippen LogP contribution in [0.4, 0.5) is 0 Å². The number of aryl methyl sites for hydroxylation is 1. The zero-order chi connectivity index (χ0) is 29.9. The lowest BCUT2D eigenvalue weighted by molar-refractivity contribution is 0.0947. The van der Waals surface area contributed by atoms with Gasteiger partial charge in [-0.05, 0) is 42.7 Å². The number of halogens is 1. The predicted octanol–water partition coefficient (Wildman–Crippen LogP) is 3.90. The van der Waals surface area contributed by atoms with Crippen LogP contribution >= 0.6 is 11.6 Å². The lowest BCUT2D eigenvalue weighted by atomic mass is 9.97. The van der Waals surface area contributed by atoms with Crippen molar-refractivity contribution in [2.75, 3.05) is 32.4 Å². The third-order valence-electron chi connectivity index (χ3n) is 8.11. The monoisotopic (exact) mass is 622 g/mol.